The standard InChI is InChI=1S/C22H16N2O4S2/c1-28-16-9-10-17-14(11-16)7-8-15(23-17)12-18-20(25)24(22(29)30-18)19(21(26)27)13-5-3-2-4-6-13/h2-12,19H,1H3,(H,26,27)/b18-12+/t19-/m1/s1. The van der Waals surface area contributed by atoms with Gasteiger partial charge in [-0.2, -0.15) is 0 Å². The Hall–Kier alpha value is -3.23. The number of nitrogens with zero attached hydrogens (tertiary/aromatic N) is 2. The van der Waals surface area contributed by atoms with Gasteiger partial charge in [-0.25, -0.2) is 9.78 Å². The lowest BCUT2D eigenvalue weighted by Gasteiger charge is -2.23. The van der Waals surface area contributed by atoms with Crippen molar-refractivity contribution in [3.63, 3.8) is 0 Å². The maximum absolute atomic E-state index is 13.0. The van der Waals surface area contributed by atoms with E-state index in [1.165, 1.54) is 0 Å². The van der Waals surface area contributed by atoms with Crippen molar-refractivity contribution in [1.82, 2.24) is 9.88 Å². The fourth-order valence-electron chi connectivity index (χ4n) is 3.20. The van der Waals surface area contributed by atoms with Gasteiger partial charge in [-0.3, -0.25) is 9.69 Å². The number of methoxy groups -OCH3 is 1. The van der Waals surface area contributed by atoms with E-state index in [9.17, 15) is 14.7 Å². The maximum Gasteiger partial charge on any atom is 0.331 e. The molecule has 0 saturated carbocycles. The van der Waals surface area contributed by atoms with Gasteiger partial charge in [-0.15, -0.1) is 0 Å². The normalized spacial score (nSPS) is 16.3. The smallest absolute Gasteiger partial charge is 0.331 e. The molecule has 1 aromatic heterocycles. The first kappa shape index (κ1) is 20.1. The molecular formula is C22H16N2O4S2. The van der Waals surface area contributed by atoms with Crippen LogP contribution in [0.25, 0.3) is 17.0 Å². The number of carbonyl (C=O) groups is 2. The number of thioether (sulfide) groups is 1. The number of aromatic nitrogens is 1. The molecule has 1 amide bonds. The summed E-state index contributed by atoms with van der Waals surface area (Å²) in [5.74, 6) is -0.854. The number of carboxylic acid groups (broad SMARTS) is 1. The van der Waals surface area contributed by atoms with Crippen molar-refractivity contribution in [2.45, 2.75) is 6.04 Å². The number of thiocarbonyl (C=S) groups is 1. The third-order valence-electron chi connectivity index (χ3n) is 4.63. The molecule has 8 heteroatoms. The van der Waals surface area contributed by atoms with E-state index in [2.05, 4.69) is 4.98 Å². The van der Waals surface area contributed by atoms with Crippen LogP contribution in [-0.4, -0.2) is 38.3 Å². The van der Waals surface area contributed by atoms with Crippen LogP contribution in [0.5, 0.6) is 5.75 Å². The number of carbonyl (C=O) groups excluding carboxylic acids is 1. The highest BCUT2D eigenvalue weighted by atomic mass is 32.2. The third kappa shape index (κ3) is 3.79. The molecule has 0 radical (unpaired) electrons. The Labute approximate surface area is 182 Å². The molecule has 1 fully saturated rings. The van der Waals surface area contributed by atoms with E-state index in [4.69, 9.17) is 17.0 Å². The van der Waals surface area contributed by atoms with Gasteiger partial charge in [0.15, 0.2) is 6.04 Å². The molecule has 2 aromatic carbocycles. The summed E-state index contributed by atoms with van der Waals surface area (Å²) in [6, 6.07) is 16.6. The zero-order valence-corrected chi connectivity index (χ0v) is 17.4. The lowest BCUT2D eigenvalue weighted by atomic mass is 10.1. The highest BCUT2D eigenvalue weighted by Crippen LogP contribution is 2.38. The molecule has 1 saturated heterocycles. The second-order valence-electron chi connectivity index (χ2n) is 6.50. The number of pyridine rings is 1. The van der Waals surface area contributed by atoms with Crippen LogP contribution in [-0.2, 0) is 9.59 Å². The topological polar surface area (TPSA) is 79.7 Å². The van der Waals surface area contributed by atoms with Gasteiger partial charge in [0.25, 0.3) is 5.91 Å². The minimum absolute atomic E-state index is 0.202. The summed E-state index contributed by atoms with van der Waals surface area (Å²) in [5, 5.41) is 10.7. The molecule has 0 bridgehead atoms. The zero-order valence-electron chi connectivity index (χ0n) is 15.8. The average Bonchev–Trinajstić information content (AvgIpc) is 3.02. The summed E-state index contributed by atoms with van der Waals surface area (Å²) in [5.41, 5.74) is 1.83. The van der Waals surface area contributed by atoms with E-state index in [0.29, 0.717) is 16.2 Å². The molecule has 150 valence electrons. The van der Waals surface area contributed by atoms with Crippen molar-refractivity contribution in [2.75, 3.05) is 7.11 Å². The Balaban J connectivity index is 1.67. The lowest BCUT2D eigenvalue weighted by Crippen LogP contribution is -2.37. The third-order valence-corrected chi connectivity index (χ3v) is 5.96. The Morgan fingerprint density at radius 2 is 1.97 bits per heavy atom. The van der Waals surface area contributed by atoms with E-state index in [1.54, 1.807) is 49.6 Å². The predicted octanol–water partition coefficient (Wildman–Crippen LogP) is 4.27. The monoisotopic (exact) mass is 436 g/mol. The molecule has 2 heterocycles. The Morgan fingerprint density at radius 1 is 1.20 bits per heavy atom. The first-order valence-electron chi connectivity index (χ1n) is 8.97. The van der Waals surface area contributed by atoms with Gasteiger partial charge in [0.2, 0.25) is 0 Å². The molecule has 6 nitrogen and oxygen atoms in total. The van der Waals surface area contributed by atoms with Gasteiger partial charge < -0.3 is 9.84 Å². The Morgan fingerprint density at radius 3 is 2.67 bits per heavy atom. The number of hydrogen-bond acceptors (Lipinski definition) is 6. The maximum atomic E-state index is 13.0. The van der Waals surface area contributed by atoms with Crippen LogP contribution >= 0.6 is 24.0 Å². The van der Waals surface area contributed by atoms with Crippen molar-refractivity contribution in [1.29, 1.82) is 0 Å². The lowest BCUT2D eigenvalue weighted by molar-refractivity contribution is -0.145. The minimum atomic E-state index is -1.18. The summed E-state index contributed by atoms with van der Waals surface area (Å²) < 4.78 is 5.42. The van der Waals surface area contributed by atoms with Crippen molar-refractivity contribution in [3.05, 3.63) is 76.8 Å². The molecule has 1 aliphatic rings. The second kappa shape index (κ2) is 8.25. The van der Waals surface area contributed by atoms with Crippen molar-refractivity contribution < 1.29 is 19.4 Å². The van der Waals surface area contributed by atoms with Crippen LogP contribution in [0.3, 0.4) is 0 Å². The molecule has 1 aliphatic heterocycles. The summed E-state index contributed by atoms with van der Waals surface area (Å²) in [6.45, 7) is 0. The molecule has 30 heavy (non-hydrogen) atoms. The number of ether oxygens (including phenoxy) is 1. The van der Waals surface area contributed by atoms with Crippen LogP contribution in [0.1, 0.15) is 17.3 Å². The van der Waals surface area contributed by atoms with E-state index in [-0.39, 0.29) is 4.32 Å². The summed E-state index contributed by atoms with van der Waals surface area (Å²) in [6.07, 6.45) is 1.63. The van der Waals surface area contributed by atoms with Crippen LogP contribution in [0.4, 0.5) is 0 Å². The van der Waals surface area contributed by atoms with Gasteiger partial charge in [0, 0.05) is 5.39 Å². The van der Waals surface area contributed by atoms with E-state index < -0.39 is 17.9 Å². The summed E-state index contributed by atoms with van der Waals surface area (Å²) in [7, 11) is 1.60. The molecule has 4 rings (SSSR count). The van der Waals surface area contributed by atoms with Crippen molar-refractivity contribution in [3.8, 4) is 5.75 Å². The van der Waals surface area contributed by atoms with Crippen LogP contribution in [0, 0.1) is 0 Å². The van der Waals surface area contributed by atoms with Crippen LogP contribution in [0.15, 0.2) is 65.6 Å². The number of aliphatic carboxylic acids is 1. The van der Waals surface area contributed by atoms with Crippen LogP contribution in [0.2, 0.25) is 0 Å². The molecule has 1 N–H and O–H groups in total. The fourth-order valence-corrected chi connectivity index (χ4v) is 4.50. The summed E-state index contributed by atoms with van der Waals surface area (Å²) >= 11 is 6.41. The number of benzene rings is 2. The number of fused-ring (bicyclic) bond motifs is 1. The van der Waals surface area contributed by atoms with E-state index >= 15 is 0 Å². The fraction of sp³-hybridized carbons (Fsp3) is 0.0909. The largest absolute Gasteiger partial charge is 0.497 e. The number of carboxylic acids is 1. The molecule has 3 aromatic rings. The van der Waals surface area contributed by atoms with Crippen LogP contribution < -0.4 is 4.74 Å². The zero-order chi connectivity index (χ0) is 21.3. The number of amides is 1. The highest BCUT2D eigenvalue weighted by Gasteiger charge is 2.41. The quantitative estimate of drug-likeness (QED) is 0.473. The molecule has 0 aliphatic carbocycles. The first-order chi connectivity index (χ1) is 14.5. The predicted molar refractivity (Wildman–Crippen MR) is 120 cm³/mol. The summed E-state index contributed by atoms with van der Waals surface area (Å²) in [4.78, 5) is 31.0. The van der Waals surface area contributed by atoms with Gasteiger partial charge in [-0.1, -0.05) is 60.4 Å². The second-order valence-corrected chi connectivity index (χ2v) is 8.17. The van der Waals surface area contributed by atoms with Gasteiger partial charge in [0.05, 0.1) is 23.2 Å². The first-order valence-corrected chi connectivity index (χ1v) is 10.2. The molecular weight excluding hydrogens is 420 g/mol. The minimum Gasteiger partial charge on any atom is -0.497 e. The molecule has 0 unspecified atom stereocenters. The molecule has 0 spiro atoms. The average molecular weight is 437 g/mol. The molecule has 1 atom stereocenters. The Kier molecular flexibility index (Phi) is 5.52. The van der Waals surface area contributed by atoms with Crippen molar-refractivity contribution >= 4 is 57.2 Å². The van der Waals surface area contributed by atoms with E-state index in [0.717, 1.165) is 33.3 Å². The number of hydrogen-bond donors (Lipinski definition) is 1. The van der Waals surface area contributed by atoms with Gasteiger partial charge >= 0.3 is 5.97 Å². The highest BCUT2D eigenvalue weighted by molar-refractivity contribution is 8.26. The van der Waals surface area contributed by atoms with E-state index in [1.807, 2.05) is 24.3 Å². The van der Waals surface area contributed by atoms with Crippen molar-refractivity contribution in [2.24, 2.45) is 0 Å². The van der Waals surface area contributed by atoms with Gasteiger partial charge in [0.1, 0.15) is 10.1 Å². The Bertz CT molecular complexity index is 1190. The SMILES string of the molecule is COc1ccc2nc(/C=C3/SC(=S)N([C@@H](C(=O)O)c4ccccc4)C3=O)ccc2c1. The number of rotatable bonds is 5. The van der Waals surface area contributed by atoms with Gasteiger partial charge in [-0.05, 0) is 35.9 Å².